The van der Waals surface area contributed by atoms with E-state index in [4.69, 9.17) is 15.5 Å². The Kier molecular flexibility index (Phi) is 8.90. The summed E-state index contributed by atoms with van der Waals surface area (Å²) >= 11 is 0. The topological polar surface area (TPSA) is 44.5 Å². The van der Waals surface area contributed by atoms with Crippen LogP contribution in [0.1, 0.15) is 58.3 Å². The summed E-state index contributed by atoms with van der Waals surface area (Å²) in [6.07, 6.45) is 10.4. The molecule has 0 aliphatic rings. The van der Waals surface area contributed by atoms with Gasteiger partial charge in [0.15, 0.2) is 5.75 Å². The highest BCUT2D eigenvalue weighted by atomic mass is 17.2. The molecule has 1 aromatic rings. The molecule has 108 valence electrons. The van der Waals surface area contributed by atoms with Crippen molar-refractivity contribution in [3.05, 3.63) is 24.3 Å². The molecule has 0 bridgehead atoms. The predicted octanol–water partition coefficient (Wildman–Crippen LogP) is 4.72. The van der Waals surface area contributed by atoms with Crippen molar-refractivity contribution < 1.29 is 9.78 Å². The van der Waals surface area contributed by atoms with Crippen molar-refractivity contribution >= 4 is 5.69 Å². The molecule has 0 unspecified atom stereocenters. The van der Waals surface area contributed by atoms with Gasteiger partial charge in [-0.25, -0.2) is 0 Å². The van der Waals surface area contributed by atoms with Gasteiger partial charge in [0.1, 0.15) is 0 Å². The first kappa shape index (κ1) is 15.8. The highest BCUT2D eigenvalue weighted by Gasteiger charge is 1.95. The Morgan fingerprint density at radius 3 is 2.05 bits per heavy atom. The van der Waals surface area contributed by atoms with E-state index in [2.05, 4.69) is 6.92 Å². The minimum Gasteiger partial charge on any atom is -0.399 e. The lowest BCUT2D eigenvalue weighted by molar-refractivity contribution is -0.207. The Morgan fingerprint density at radius 1 is 0.842 bits per heavy atom. The van der Waals surface area contributed by atoms with E-state index in [0.29, 0.717) is 12.4 Å². The fourth-order valence-electron chi connectivity index (χ4n) is 1.93. The summed E-state index contributed by atoms with van der Waals surface area (Å²) in [4.78, 5) is 10.3. The van der Waals surface area contributed by atoms with Crippen molar-refractivity contribution in [2.75, 3.05) is 12.3 Å². The van der Waals surface area contributed by atoms with Crippen molar-refractivity contribution in [3.63, 3.8) is 0 Å². The number of hydrogen-bond donors (Lipinski definition) is 1. The highest BCUT2D eigenvalue weighted by molar-refractivity contribution is 5.41. The van der Waals surface area contributed by atoms with Crippen LogP contribution in [0, 0.1) is 0 Å². The van der Waals surface area contributed by atoms with Crippen LogP contribution in [0.2, 0.25) is 0 Å². The molecule has 1 rings (SSSR count). The second-order valence-electron chi connectivity index (χ2n) is 4.95. The highest BCUT2D eigenvalue weighted by Crippen LogP contribution is 2.13. The zero-order valence-corrected chi connectivity index (χ0v) is 12.1. The van der Waals surface area contributed by atoms with E-state index in [1.807, 2.05) is 12.1 Å². The van der Waals surface area contributed by atoms with Crippen molar-refractivity contribution in [2.24, 2.45) is 0 Å². The van der Waals surface area contributed by atoms with E-state index in [9.17, 15) is 0 Å². The van der Waals surface area contributed by atoms with E-state index in [-0.39, 0.29) is 0 Å². The molecule has 19 heavy (non-hydrogen) atoms. The van der Waals surface area contributed by atoms with Crippen LogP contribution in [0.15, 0.2) is 24.3 Å². The molecule has 0 saturated carbocycles. The molecule has 0 heterocycles. The molecule has 0 aliphatic carbocycles. The van der Waals surface area contributed by atoms with Crippen LogP contribution in [-0.2, 0) is 4.89 Å². The number of unbranched alkanes of at least 4 members (excludes halogenated alkanes) is 7. The maximum Gasteiger partial charge on any atom is 0.165 e. The molecule has 0 radical (unpaired) electrons. The lowest BCUT2D eigenvalue weighted by Crippen LogP contribution is -1.99. The number of rotatable bonds is 11. The summed E-state index contributed by atoms with van der Waals surface area (Å²) in [5.41, 5.74) is 6.32. The average molecular weight is 265 g/mol. The van der Waals surface area contributed by atoms with Crippen molar-refractivity contribution in [2.45, 2.75) is 58.3 Å². The van der Waals surface area contributed by atoms with Gasteiger partial charge in [-0.05, 0) is 30.7 Å². The Labute approximate surface area is 117 Å². The van der Waals surface area contributed by atoms with Crippen LogP contribution in [0.3, 0.4) is 0 Å². The van der Waals surface area contributed by atoms with Gasteiger partial charge in [-0.15, -0.1) is 0 Å². The summed E-state index contributed by atoms with van der Waals surface area (Å²) < 4.78 is 0. The van der Waals surface area contributed by atoms with Crippen molar-refractivity contribution in [1.29, 1.82) is 0 Å². The largest absolute Gasteiger partial charge is 0.399 e. The molecular formula is C16H27NO2. The Bertz CT molecular complexity index is 311. The molecule has 0 aliphatic heterocycles. The third kappa shape index (κ3) is 8.49. The smallest absolute Gasteiger partial charge is 0.165 e. The van der Waals surface area contributed by atoms with E-state index < -0.39 is 0 Å². The number of nitrogen functional groups attached to an aromatic ring is 1. The number of hydrogen-bond acceptors (Lipinski definition) is 3. The van der Waals surface area contributed by atoms with E-state index >= 15 is 0 Å². The molecule has 3 heteroatoms. The van der Waals surface area contributed by atoms with Gasteiger partial charge in [0.2, 0.25) is 0 Å². The van der Waals surface area contributed by atoms with Gasteiger partial charge in [-0.2, -0.15) is 4.89 Å². The quantitative estimate of drug-likeness (QED) is 0.272. The third-order valence-corrected chi connectivity index (χ3v) is 3.12. The Balaban J connectivity index is 1.87. The van der Waals surface area contributed by atoms with E-state index in [1.54, 1.807) is 12.1 Å². The number of nitrogens with two attached hydrogens (primary N) is 1. The van der Waals surface area contributed by atoms with Gasteiger partial charge in [0.25, 0.3) is 0 Å². The average Bonchev–Trinajstić information content (AvgIpc) is 2.43. The Hall–Kier alpha value is -1.22. The zero-order chi connectivity index (χ0) is 13.8. The molecule has 2 N–H and O–H groups in total. The van der Waals surface area contributed by atoms with Crippen LogP contribution < -0.4 is 10.6 Å². The second-order valence-corrected chi connectivity index (χ2v) is 4.95. The van der Waals surface area contributed by atoms with Gasteiger partial charge < -0.3 is 10.6 Å². The maximum absolute atomic E-state index is 5.58. The maximum atomic E-state index is 5.58. The normalized spacial score (nSPS) is 10.6. The fraction of sp³-hybridized carbons (Fsp3) is 0.625. The SMILES string of the molecule is CCCCCCCCCCOOc1ccc(N)cc1. The summed E-state index contributed by atoms with van der Waals surface area (Å²) in [7, 11) is 0. The minimum atomic E-state index is 0.652. The summed E-state index contributed by atoms with van der Waals surface area (Å²) in [5.74, 6) is 0.703. The van der Waals surface area contributed by atoms with Gasteiger partial charge in [0.05, 0.1) is 6.61 Å². The fourth-order valence-corrected chi connectivity index (χ4v) is 1.93. The third-order valence-electron chi connectivity index (χ3n) is 3.12. The summed E-state index contributed by atoms with van der Waals surface area (Å²) in [6.45, 7) is 2.90. The van der Waals surface area contributed by atoms with Crippen LogP contribution in [0.5, 0.6) is 5.75 Å². The lowest BCUT2D eigenvalue weighted by Gasteiger charge is -2.05. The van der Waals surface area contributed by atoms with Crippen molar-refractivity contribution in [3.8, 4) is 5.75 Å². The van der Waals surface area contributed by atoms with Crippen LogP contribution >= 0.6 is 0 Å². The van der Waals surface area contributed by atoms with Gasteiger partial charge in [-0.3, -0.25) is 0 Å². The van der Waals surface area contributed by atoms with Crippen LogP contribution in [0.25, 0.3) is 0 Å². The lowest BCUT2D eigenvalue weighted by atomic mass is 10.1. The minimum absolute atomic E-state index is 0.652. The van der Waals surface area contributed by atoms with Gasteiger partial charge in [-0.1, -0.05) is 51.9 Å². The number of benzene rings is 1. The molecule has 0 amide bonds. The second kappa shape index (κ2) is 10.7. The van der Waals surface area contributed by atoms with Gasteiger partial charge >= 0.3 is 0 Å². The van der Waals surface area contributed by atoms with Crippen LogP contribution in [-0.4, -0.2) is 6.61 Å². The molecule has 0 aromatic heterocycles. The monoisotopic (exact) mass is 265 g/mol. The molecule has 0 fully saturated rings. The van der Waals surface area contributed by atoms with E-state index in [0.717, 1.165) is 12.1 Å². The summed E-state index contributed by atoms with van der Waals surface area (Å²) in [6, 6.07) is 7.22. The van der Waals surface area contributed by atoms with Gasteiger partial charge in [0, 0.05) is 5.69 Å². The first-order valence-corrected chi connectivity index (χ1v) is 7.48. The molecule has 0 saturated heterocycles. The molecule has 0 spiro atoms. The predicted molar refractivity (Wildman–Crippen MR) is 80.0 cm³/mol. The van der Waals surface area contributed by atoms with E-state index in [1.165, 1.54) is 44.9 Å². The molecule has 1 aromatic carbocycles. The first-order chi connectivity index (χ1) is 9.33. The first-order valence-electron chi connectivity index (χ1n) is 7.48. The summed E-state index contributed by atoms with van der Waals surface area (Å²) in [5, 5.41) is 0. The zero-order valence-electron chi connectivity index (χ0n) is 12.1. The Morgan fingerprint density at radius 2 is 1.42 bits per heavy atom. The van der Waals surface area contributed by atoms with Crippen LogP contribution in [0.4, 0.5) is 5.69 Å². The van der Waals surface area contributed by atoms with Crippen molar-refractivity contribution in [1.82, 2.24) is 0 Å². The molecule has 0 atom stereocenters. The molecular weight excluding hydrogens is 238 g/mol. The molecule has 3 nitrogen and oxygen atoms in total. The number of anilines is 1. The standard InChI is InChI=1S/C16H27NO2/c1-2-3-4-5-6-7-8-9-14-18-19-16-12-10-15(17)11-13-16/h10-13H,2-9,14,17H2,1H3.